The van der Waals surface area contributed by atoms with Crippen LogP contribution in [0.4, 0.5) is 0 Å². The van der Waals surface area contributed by atoms with Gasteiger partial charge in [0.1, 0.15) is 0 Å². The van der Waals surface area contributed by atoms with Gasteiger partial charge in [0, 0.05) is 17.6 Å². The van der Waals surface area contributed by atoms with E-state index in [-0.39, 0.29) is 11.7 Å². The number of rotatable bonds is 6. The van der Waals surface area contributed by atoms with Gasteiger partial charge in [-0.05, 0) is 43.7 Å². The zero-order valence-electron chi connectivity index (χ0n) is 15.8. The monoisotopic (exact) mass is 413 g/mol. The van der Waals surface area contributed by atoms with Gasteiger partial charge in [-0.25, -0.2) is 5.43 Å². The number of amides is 1. The van der Waals surface area contributed by atoms with E-state index < -0.39 is 0 Å². The molecule has 6 nitrogen and oxygen atoms in total. The van der Waals surface area contributed by atoms with Gasteiger partial charge in [-0.1, -0.05) is 53.2 Å². The van der Waals surface area contributed by atoms with Crippen molar-refractivity contribution in [3.63, 3.8) is 0 Å². The summed E-state index contributed by atoms with van der Waals surface area (Å²) in [5.74, 6) is 0.706. The summed E-state index contributed by atoms with van der Waals surface area (Å²) in [5.41, 5.74) is 6.40. The van der Waals surface area contributed by atoms with Crippen molar-refractivity contribution in [1.82, 2.24) is 20.2 Å². The van der Waals surface area contributed by atoms with Gasteiger partial charge in [0.25, 0.3) is 5.91 Å². The lowest BCUT2D eigenvalue weighted by Crippen LogP contribution is -2.21. The molecule has 1 amide bonds. The van der Waals surface area contributed by atoms with Gasteiger partial charge in [0.15, 0.2) is 11.0 Å². The number of halogens is 1. The minimum atomic E-state index is -0.201. The summed E-state index contributed by atoms with van der Waals surface area (Å²) < 4.78 is 1.85. The number of thioether (sulfide) groups is 1. The quantitative estimate of drug-likeness (QED) is 0.375. The summed E-state index contributed by atoms with van der Waals surface area (Å²) in [6, 6.07) is 15.4. The topological polar surface area (TPSA) is 72.2 Å². The molecule has 0 spiro atoms. The van der Waals surface area contributed by atoms with Crippen molar-refractivity contribution >= 4 is 35.0 Å². The Balaban J connectivity index is 1.58. The van der Waals surface area contributed by atoms with E-state index in [1.807, 2.05) is 61.9 Å². The zero-order chi connectivity index (χ0) is 20.1. The van der Waals surface area contributed by atoms with Crippen LogP contribution in [0.3, 0.4) is 0 Å². The fourth-order valence-electron chi connectivity index (χ4n) is 2.46. The molecule has 0 saturated heterocycles. The molecular formula is C20H20ClN5OS. The molecule has 8 heteroatoms. The smallest absolute Gasteiger partial charge is 0.250 e. The molecule has 1 heterocycles. The minimum absolute atomic E-state index is 0.192. The van der Waals surface area contributed by atoms with Crippen molar-refractivity contribution in [3.8, 4) is 11.4 Å². The van der Waals surface area contributed by atoms with E-state index in [0.717, 1.165) is 16.8 Å². The Bertz CT molecular complexity index is 996. The van der Waals surface area contributed by atoms with Crippen molar-refractivity contribution in [1.29, 1.82) is 0 Å². The third kappa shape index (κ3) is 4.99. The predicted octanol–water partition coefficient (Wildman–Crippen LogP) is 4.08. The van der Waals surface area contributed by atoms with Crippen LogP contribution in [0, 0.1) is 6.92 Å². The van der Waals surface area contributed by atoms with Crippen LogP contribution in [0.2, 0.25) is 5.02 Å². The van der Waals surface area contributed by atoms with Crippen LogP contribution < -0.4 is 5.43 Å². The first-order valence-corrected chi connectivity index (χ1v) is 9.98. The van der Waals surface area contributed by atoms with Crippen molar-refractivity contribution in [2.24, 2.45) is 12.1 Å². The van der Waals surface area contributed by atoms with Crippen LogP contribution in [-0.2, 0) is 11.8 Å². The number of hydrogen-bond donors (Lipinski definition) is 1. The van der Waals surface area contributed by atoms with E-state index in [4.69, 9.17) is 11.6 Å². The summed E-state index contributed by atoms with van der Waals surface area (Å²) in [6.45, 7) is 3.89. The Morgan fingerprint density at radius 1 is 1.14 bits per heavy atom. The van der Waals surface area contributed by atoms with E-state index in [0.29, 0.717) is 16.0 Å². The highest BCUT2D eigenvalue weighted by atomic mass is 35.5. The maximum absolute atomic E-state index is 12.1. The summed E-state index contributed by atoms with van der Waals surface area (Å²) in [6.07, 6.45) is 0. The fourth-order valence-corrected chi connectivity index (χ4v) is 3.29. The summed E-state index contributed by atoms with van der Waals surface area (Å²) in [7, 11) is 1.86. The number of hydrazone groups is 1. The van der Waals surface area contributed by atoms with Gasteiger partial charge in [-0.3, -0.25) is 4.79 Å². The van der Waals surface area contributed by atoms with Gasteiger partial charge in [-0.2, -0.15) is 5.10 Å². The lowest BCUT2D eigenvalue weighted by Gasteiger charge is -2.05. The molecule has 28 heavy (non-hydrogen) atoms. The maximum atomic E-state index is 12.1. The third-order valence-electron chi connectivity index (χ3n) is 4.09. The molecule has 0 aliphatic heterocycles. The molecule has 0 aliphatic rings. The average molecular weight is 414 g/mol. The Hall–Kier alpha value is -2.64. The van der Waals surface area contributed by atoms with Gasteiger partial charge in [0.05, 0.1) is 11.5 Å². The summed E-state index contributed by atoms with van der Waals surface area (Å²) in [4.78, 5) is 12.1. The lowest BCUT2D eigenvalue weighted by atomic mass is 10.1. The number of hydrogen-bond acceptors (Lipinski definition) is 5. The molecule has 0 radical (unpaired) electrons. The van der Waals surface area contributed by atoms with Gasteiger partial charge in [-0.15, -0.1) is 10.2 Å². The van der Waals surface area contributed by atoms with Crippen LogP contribution in [0.5, 0.6) is 0 Å². The molecule has 0 saturated carbocycles. The average Bonchev–Trinajstić information content (AvgIpc) is 3.06. The molecule has 0 aliphatic carbocycles. The summed E-state index contributed by atoms with van der Waals surface area (Å²) >= 11 is 7.23. The van der Waals surface area contributed by atoms with E-state index in [1.54, 1.807) is 12.1 Å². The molecule has 144 valence electrons. The Morgan fingerprint density at radius 3 is 2.50 bits per heavy atom. The van der Waals surface area contributed by atoms with Gasteiger partial charge in [0.2, 0.25) is 0 Å². The number of aromatic nitrogens is 3. The van der Waals surface area contributed by atoms with Crippen LogP contribution in [0.25, 0.3) is 11.4 Å². The van der Waals surface area contributed by atoms with Crippen LogP contribution in [0.1, 0.15) is 18.1 Å². The second kappa shape index (κ2) is 9.03. The Labute approximate surface area is 173 Å². The van der Waals surface area contributed by atoms with E-state index in [1.165, 1.54) is 17.3 Å². The van der Waals surface area contributed by atoms with Gasteiger partial charge >= 0.3 is 0 Å². The predicted molar refractivity (Wildman–Crippen MR) is 114 cm³/mol. The normalized spacial score (nSPS) is 11.5. The van der Waals surface area contributed by atoms with Crippen molar-refractivity contribution in [2.45, 2.75) is 19.0 Å². The summed E-state index contributed by atoms with van der Waals surface area (Å²) in [5, 5.41) is 13.9. The fraction of sp³-hybridized carbons (Fsp3) is 0.200. The zero-order valence-corrected chi connectivity index (χ0v) is 17.4. The van der Waals surface area contributed by atoms with Crippen LogP contribution >= 0.6 is 23.4 Å². The number of carbonyl (C=O) groups is 1. The highest BCUT2D eigenvalue weighted by molar-refractivity contribution is 7.99. The van der Waals surface area contributed by atoms with Crippen molar-refractivity contribution in [2.75, 3.05) is 5.75 Å². The first kappa shape index (κ1) is 20.1. The second-order valence-electron chi connectivity index (χ2n) is 6.26. The number of carbonyl (C=O) groups excluding carboxylic acids is 1. The molecule has 1 aromatic heterocycles. The van der Waals surface area contributed by atoms with Crippen LogP contribution in [-0.4, -0.2) is 32.1 Å². The first-order valence-electron chi connectivity index (χ1n) is 8.62. The number of aryl methyl sites for hydroxylation is 1. The second-order valence-corrected chi connectivity index (χ2v) is 7.64. The Morgan fingerprint density at radius 2 is 1.82 bits per heavy atom. The number of benzene rings is 2. The van der Waals surface area contributed by atoms with E-state index in [2.05, 4.69) is 20.7 Å². The van der Waals surface area contributed by atoms with E-state index >= 15 is 0 Å². The van der Waals surface area contributed by atoms with Crippen LogP contribution in [0.15, 0.2) is 58.8 Å². The SMILES string of the molecule is C/C(=N\NC(=O)CSc1nnc(-c2ccc(Cl)cc2)n1C)c1ccc(C)cc1. The molecule has 0 atom stereocenters. The molecule has 0 bridgehead atoms. The lowest BCUT2D eigenvalue weighted by molar-refractivity contribution is -0.118. The largest absolute Gasteiger partial charge is 0.305 e. The Kier molecular flexibility index (Phi) is 6.49. The molecule has 3 aromatic rings. The number of nitrogens with one attached hydrogen (secondary N) is 1. The maximum Gasteiger partial charge on any atom is 0.250 e. The molecule has 2 aromatic carbocycles. The van der Waals surface area contributed by atoms with E-state index in [9.17, 15) is 4.79 Å². The van der Waals surface area contributed by atoms with Crippen molar-refractivity contribution < 1.29 is 4.79 Å². The van der Waals surface area contributed by atoms with Gasteiger partial charge < -0.3 is 4.57 Å². The first-order chi connectivity index (χ1) is 13.4. The van der Waals surface area contributed by atoms with Crippen molar-refractivity contribution in [3.05, 3.63) is 64.7 Å². The molecule has 0 fully saturated rings. The standard InChI is InChI=1S/C20H20ClN5OS/c1-13-4-6-15(7-5-13)14(2)22-23-18(27)12-28-20-25-24-19(26(20)3)16-8-10-17(21)11-9-16/h4-11H,12H2,1-3H3,(H,23,27)/b22-14+. The molecule has 1 N–H and O–H groups in total. The molecule has 0 unspecified atom stereocenters. The third-order valence-corrected chi connectivity index (χ3v) is 5.36. The number of nitrogens with zero attached hydrogens (tertiary/aromatic N) is 4. The highest BCUT2D eigenvalue weighted by Crippen LogP contribution is 2.23. The minimum Gasteiger partial charge on any atom is -0.305 e. The molecule has 3 rings (SSSR count). The molecular weight excluding hydrogens is 394 g/mol. The highest BCUT2D eigenvalue weighted by Gasteiger charge is 2.13.